The van der Waals surface area contributed by atoms with E-state index in [1.165, 1.54) is 18.4 Å². The maximum absolute atomic E-state index is 10.6. The van der Waals surface area contributed by atoms with Gasteiger partial charge in [-0.3, -0.25) is 4.79 Å². The average molecular weight is 336 g/mol. The van der Waals surface area contributed by atoms with Crippen molar-refractivity contribution in [2.75, 3.05) is 14.2 Å². The van der Waals surface area contributed by atoms with Gasteiger partial charge < -0.3 is 15.4 Å². The molecule has 0 radical (unpaired) electrons. The topological polar surface area (TPSA) is 50.4 Å². The van der Waals surface area contributed by atoms with E-state index >= 15 is 0 Å². The lowest BCUT2D eigenvalue weighted by Crippen LogP contribution is -2.24. The molecule has 2 aliphatic carbocycles. The first-order valence-electron chi connectivity index (χ1n) is 8.53. The Morgan fingerprint density at radius 3 is 2.52 bits per heavy atom. The third-order valence-electron chi connectivity index (χ3n) is 4.74. The normalized spacial score (nSPS) is 19.4. The third kappa shape index (κ3) is 4.09. The molecule has 2 bridgehead atoms. The Morgan fingerprint density at radius 1 is 1.16 bits per heavy atom. The zero-order chi connectivity index (χ0) is 17.7. The molecule has 130 valence electrons. The fourth-order valence-electron chi connectivity index (χ4n) is 3.10. The first-order valence-corrected chi connectivity index (χ1v) is 8.53. The van der Waals surface area contributed by atoms with Crippen LogP contribution in [-0.4, -0.2) is 20.4 Å². The average Bonchev–Trinajstić information content (AvgIpc) is 3.48. The highest BCUT2D eigenvalue weighted by Crippen LogP contribution is 2.44. The van der Waals surface area contributed by atoms with Crippen molar-refractivity contribution in [2.45, 2.75) is 24.8 Å². The van der Waals surface area contributed by atoms with Gasteiger partial charge in [-0.2, -0.15) is 0 Å². The SMILES string of the molecule is CNC1(c2ccccc2)CC1.COC1=CC=C2C=C(C=O)NC(=C1)C2. The van der Waals surface area contributed by atoms with E-state index in [0.29, 0.717) is 11.2 Å². The van der Waals surface area contributed by atoms with Gasteiger partial charge in [0, 0.05) is 17.7 Å². The predicted octanol–water partition coefficient (Wildman–Crippen LogP) is 3.31. The van der Waals surface area contributed by atoms with Crippen molar-refractivity contribution in [3.05, 3.63) is 82.9 Å². The summed E-state index contributed by atoms with van der Waals surface area (Å²) in [5, 5.41) is 6.40. The van der Waals surface area contributed by atoms with E-state index in [-0.39, 0.29) is 0 Å². The van der Waals surface area contributed by atoms with E-state index in [0.717, 1.165) is 29.7 Å². The fraction of sp³-hybridized carbons (Fsp3) is 0.286. The van der Waals surface area contributed by atoms with Gasteiger partial charge in [0.2, 0.25) is 0 Å². The van der Waals surface area contributed by atoms with E-state index in [1.54, 1.807) is 7.11 Å². The Bertz CT molecular complexity index is 753. The summed E-state index contributed by atoms with van der Waals surface area (Å²) in [6, 6.07) is 10.7. The van der Waals surface area contributed by atoms with Crippen molar-refractivity contribution in [1.29, 1.82) is 0 Å². The van der Waals surface area contributed by atoms with E-state index in [9.17, 15) is 4.79 Å². The molecule has 1 fully saturated rings. The van der Waals surface area contributed by atoms with Crippen molar-refractivity contribution >= 4 is 6.29 Å². The number of allylic oxidation sites excluding steroid dienone is 6. The minimum Gasteiger partial charge on any atom is -0.497 e. The molecule has 4 nitrogen and oxygen atoms in total. The number of hydrogen-bond acceptors (Lipinski definition) is 4. The summed E-state index contributed by atoms with van der Waals surface area (Å²) in [4.78, 5) is 10.6. The standard InChI is InChI=1S/C11H11NO2.C10H13N/c1-14-11-3-2-8-4-9(6-11)12-10(5-8)7-13;1-11-10(7-8-10)9-5-3-2-4-6-9/h2-3,5-7,12H,4H2,1H3;2-6,11H,7-8H2,1H3. The molecular formula is C21H24N2O2. The van der Waals surface area contributed by atoms with Crippen molar-refractivity contribution in [3.8, 4) is 0 Å². The monoisotopic (exact) mass is 336 g/mol. The molecule has 1 aromatic carbocycles. The number of hydrogen-bond donors (Lipinski definition) is 2. The van der Waals surface area contributed by atoms with Crippen LogP contribution in [0.15, 0.2) is 77.4 Å². The van der Waals surface area contributed by atoms with E-state index in [1.807, 2.05) is 31.4 Å². The Morgan fingerprint density at radius 2 is 1.92 bits per heavy atom. The van der Waals surface area contributed by atoms with E-state index in [2.05, 4.69) is 41.0 Å². The summed E-state index contributed by atoms with van der Waals surface area (Å²) in [5.74, 6) is 0.794. The second-order valence-electron chi connectivity index (χ2n) is 6.40. The van der Waals surface area contributed by atoms with Gasteiger partial charge in [-0.25, -0.2) is 0 Å². The number of fused-ring (bicyclic) bond motifs is 2. The van der Waals surface area contributed by atoms with Crippen molar-refractivity contribution in [1.82, 2.24) is 10.6 Å². The molecule has 1 heterocycles. The van der Waals surface area contributed by atoms with Gasteiger partial charge in [-0.15, -0.1) is 0 Å². The minimum absolute atomic E-state index is 0.335. The Hall–Kier alpha value is -2.59. The van der Waals surface area contributed by atoms with Crippen molar-refractivity contribution < 1.29 is 9.53 Å². The lowest BCUT2D eigenvalue weighted by atomic mass is 10.1. The van der Waals surface area contributed by atoms with Crippen LogP contribution in [0.5, 0.6) is 0 Å². The Balaban J connectivity index is 0.000000150. The first-order chi connectivity index (χ1) is 12.2. The van der Waals surface area contributed by atoms with Gasteiger partial charge in [0.15, 0.2) is 6.29 Å². The van der Waals surface area contributed by atoms with Gasteiger partial charge in [-0.05, 0) is 49.3 Å². The molecule has 0 unspecified atom stereocenters. The smallest absolute Gasteiger partial charge is 0.166 e. The van der Waals surface area contributed by atoms with Crippen LogP contribution in [0.4, 0.5) is 0 Å². The van der Waals surface area contributed by atoms with Crippen LogP contribution in [0.1, 0.15) is 24.8 Å². The lowest BCUT2D eigenvalue weighted by molar-refractivity contribution is -0.105. The lowest BCUT2D eigenvalue weighted by Gasteiger charge is -2.16. The zero-order valence-corrected chi connectivity index (χ0v) is 14.7. The Labute approximate surface area is 149 Å². The van der Waals surface area contributed by atoms with Crippen LogP contribution in [0.2, 0.25) is 0 Å². The molecule has 4 heteroatoms. The van der Waals surface area contributed by atoms with E-state index < -0.39 is 0 Å². The number of ether oxygens (including phenoxy) is 1. The number of rotatable bonds is 4. The molecule has 1 aromatic rings. The minimum atomic E-state index is 0.335. The van der Waals surface area contributed by atoms with Gasteiger partial charge in [0.1, 0.15) is 5.76 Å². The second-order valence-corrected chi connectivity index (χ2v) is 6.40. The molecule has 2 N–H and O–H groups in total. The maximum Gasteiger partial charge on any atom is 0.166 e. The van der Waals surface area contributed by atoms with Crippen LogP contribution >= 0.6 is 0 Å². The summed E-state index contributed by atoms with van der Waals surface area (Å²) in [5.41, 5.74) is 4.47. The summed E-state index contributed by atoms with van der Waals surface area (Å²) in [6.45, 7) is 0. The maximum atomic E-state index is 10.6. The highest BCUT2D eigenvalue weighted by atomic mass is 16.5. The number of carbonyl (C=O) groups excluding carboxylic acids is 1. The number of methoxy groups -OCH3 is 1. The third-order valence-corrected chi connectivity index (χ3v) is 4.74. The van der Waals surface area contributed by atoms with Gasteiger partial charge in [-0.1, -0.05) is 36.4 Å². The molecule has 0 amide bonds. The van der Waals surface area contributed by atoms with Gasteiger partial charge >= 0.3 is 0 Å². The van der Waals surface area contributed by atoms with Crippen LogP contribution in [0.3, 0.4) is 0 Å². The van der Waals surface area contributed by atoms with Gasteiger partial charge in [0.25, 0.3) is 0 Å². The summed E-state index contributed by atoms with van der Waals surface area (Å²) in [6.07, 6.45) is 11.8. The Kier molecular flexibility index (Phi) is 5.19. The number of aldehydes is 1. The number of nitrogens with one attached hydrogen (secondary N) is 2. The van der Waals surface area contributed by atoms with Crippen LogP contribution < -0.4 is 10.6 Å². The molecule has 4 rings (SSSR count). The van der Waals surface area contributed by atoms with Crippen LogP contribution in [0, 0.1) is 0 Å². The highest BCUT2D eigenvalue weighted by Gasteiger charge is 2.42. The van der Waals surface area contributed by atoms with E-state index in [4.69, 9.17) is 4.74 Å². The number of carbonyl (C=O) groups is 1. The summed E-state index contributed by atoms with van der Waals surface area (Å²) in [7, 11) is 3.67. The fourth-order valence-corrected chi connectivity index (χ4v) is 3.10. The van der Waals surface area contributed by atoms with Crippen molar-refractivity contribution in [3.63, 3.8) is 0 Å². The van der Waals surface area contributed by atoms with Gasteiger partial charge in [0.05, 0.1) is 12.8 Å². The molecule has 0 spiro atoms. The highest BCUT2D eigenvalue weighted by molar-refractivity contribution is 5.75. The quantitative estimate of drug-likeness (QED) is 0.828. The number of benzene rings is 1. The summed E-state index contributed by atoms with van der Waals surface area (Å²) < 4.78 is 5.14. The molecule has 0 aromatic heterocycles. The second kappa shape index (κ2) is 7.53. The molecular weight excluding hydrogens is 312 g/mol. The zero-order valence-electron chi connectivity index (χ0n) is 14.7. The summed E-state index contributed by atoms with van der Waals surface area (Å²) >= 11 is 0. The molecule has 3 aliphatic rings. The van der Waals surface area contributed by atoms with Crippen molar-refractivity contribution in [2.24, 2.45) is 0 Å². The first kappa shape index (κ1) is 17.2. The molecule has 25 heavy (non-hydrogen) atoms. The van der Waals surface area contributed by atoms with Crippen LogP contribution in [0.25, 0.3) is 0 Å². The van der Waals surface area contributed by atoms with Crippen LogP contribution in [-0.2, 0) is 15.1 Å². The largest absolute Gasteiger partial charge is 0.497 e. The predicted molar refractivity (Wildman–Crippen MR) is 99.6 cm³/mol. The molecule has 0 atom stereocenters. The molecule has 1 saturated carbocycles. The molecule has 0 saturated heterocycles. The molecule has 1 aliphatic heterocycles.